The zero-order chi connectivity index (χ0) is 7.15. The molecular weight excluding hydrogens is 246 g/mol. The molecule has 4 N–H and O–H groups in total. The minimum absolute atomic E-state index is 0. The van der Waals surface area contributed by atoms with Crippen LogP contribution in [0.15, 0.2) is 0 Å². The summed E-state index contributed by atoms with van der Waals surface area (Å²) < 4.78 is 17.4. The number of hydrogen-bond donors (Lipinski definition) is 4. The summed E-state index contributed by atoms with van der Waals surface area (Å²) in [6.07, 6.45) is 0. The summed E-state index contributed by atoms with van der Waals surface area (Å²) in [6, 6.07) is 0. The van der Waals surface area contributed by atoms with Crippen LogP contribution in [0.3, 0.4) is 0 Å². The van der Waals surface area contributed by atoms with Gasteiger partial charge in [0, 0.05) is 54.6 Å². The molecule has 50 valence electrons. The first-order valence-corrected chi connectivity index (χ1v) is 3.50. The molecule has 0 heterocycles. The zero-order valence-electron chi connectivity index (χ0n) is 4.21. The quantitative estimate of drug-likeness (QED) is 0.319. The third kappa shape index (κ3) is 233. The minimum atomic E-state index is -2.87. The maximum atomic E-state index is 8.70. The van der Waals surface area contributed by atoms with Gasteiger partial charge in [0.15, 0.2) is 0 Å². The van der Waals surface area contributed by atoms with Crippen LogP contribution in [-0.4, -0.2) is 65.1 Å². The summed E-state index contributed by atoms with van der Waals surface area (Å²) in [4.78, 5) is 28.5. The fourth-order valence-corrected chi connectivity index (χ4v) is 0. The van der Waals surface area contributed by atoms with Crippen molar-refractivity contribution in [3.63, 3.8) is 0 Å². The molecule has 2 radical (unpaired) electrons. The molecule has 0 amide bonds. The van der Waals surface area contributed by atoms with E-state index in [0.29, 0.717) is 0 Å². The van der Waals surface area contributed by atoms with Gasteiger partial charge in [-0.15, -0.1) is 19.6 Å². The van der Waals surface area contributed by atoms with E-state index in [1.807, 2.05) is 0 Å². The average molecular weight is 250 g/mol. The van der Waals surface area contributed by atoms with Crippen molar-refractivity contribution in [2.45, 2.75) is 0 Å². The van der Waals surface area contributed by atoms with Crippen LogP contribution in [0.5, 0.6) is 0 Å². The van der Waals surface area contributed by atoms with Gasteiger partial charge in [0.2, 0.25) is 0 Å². The second-order valence-electron chi connectivity index (χ2n) is 0.505. The Morgan fingerprint density at radius 3 is 0.778 bits per heavy atom. The van der Waals surface area contributed by atoms with E-state index < -0.39 is 16.5 Å². The van der Waals surface area contributed by atoms with Gasteiger partial charge in [-0.3, -0.25) is 0 Å². The van der Waals surface area contributed by atoms with Crippen molar-refractivity contribution in [2.24, 2.45) is 0 Å². The molecule has 0 aliphatic rings. The van der Waals surface area contributed by atoms with Gasteiger partial charge in [0.1, 0.15) is 0 Å². The third-order valence-corrected chi connectivity index (χ3v) is 0. The first kappa shape index (κ1) is 16.9. The third-order valence-electron chi connectivity index (χ3n) is 0. The molecule has 0 atom stereocenters. The maximum absolute atomic E-state index is 8.70. The molecule has 0 bridgehead atoms. The molecule has 0 aromatic heterocycles. The van der Waals surface area contributed by atoms with Gasteiger partial charge in [-0.1, -0.05) is 0 Å². The van der Waals surface area contributed by atoms with E-state index >= 15 is 0 Å². The van der Waals surface area contributed by atoms with Crippen LogP contribution in [-0.2, 0) is 9.13 Å². The second kappa shape index (κ2) is 12.2. The van der Waals surface area contributed by atoms with Gasteiger partial charge in [0.25, 0.3) is 0 Å². The summed E-state index contributed by atoms with van der Waals surface area (Å²) in [5.74, 6) is 0. The van der Waals surface area contributed by atoms with Crippen LogP contribution < -0.4 is 0 Å². The van der Waals surface area contributed by atoms with E-state index in [1.54, 1.807) is 0 Å². The van der Waals surface area contributed by atoms with E-state index in [1.165, 1.54) is 0 Å². The first-order chi connectivity index (χ1) is 3.46. The van der Waals surface area contributed by atoms with Gasteiger partial charge in [0.05, 0.1) is 0 Å². The normalized spacial score (nSPS) is 5.78. The predicted octanol–water partition coefficient (Wildman–Crippen LogP) is -1.12. The summed E-state index contributed by atoms with van der Waals surface area (Å²) in [7, 11) is -5.74. The Balaban J connectivity index is -0.0000000720. The Morgan fingerprint density at radius 2 is 0.778 bits per heavy atom. The summed E-state index contributed by atoms with van der Waals surface area (Å²) in [5, 5.41) is 0. The molecule has 0 aromatic carbocycles. The minimum Gasteiger partial charge on any atom is -0.134 e. The number of hydrogen-bond acceptors (Lipinski definition) is 2. The van der Waals surface area contributed by atoms with Gasteiger partial charge in [-0.25, -0.2) is 0 Å². The molecule has 0 fully saturated rings. The summed E-state index contributed by atoms with van der Waals surface area (Å²) >= 11 is 0. The fourth-order valence-electron chi connectivity index (χ4n) is 0. The summed E-state index contributed by atoms with van der Waals surface area (Å²) in [6.45, 7) is 0. The van der Waals surface area contributed by atoms with Gasteiger partial charge in [-0.05, 0) is 0 Å². The Hall–Kier alpha value is 1.52. The molecule has 0 saturated heterocycles. The van der Waals surface area contributed by atoms with Crippen molar-refractivity contribution < 1.29 is 28.7 Å². The van der Waals surface area contributed by atoms with E-state index in [9.17, 15) is 0 Å². The van der Waals surface area contributed by atoms with E-state index in [2.05, 4.69) is 0 Å². The van der Waals surface area contributed by atoms with Crippen LogP contribution in [0.2, 0.25) is 0 Å². The van der Waals surface area contributed by atoms with Crippen molar-refractivity contribution >= 4 is 62.0 Å². The Morgan fingerprint density at radius 1 is 0.778 bits per heavy atom. The molecule has 0 unspecified atom stereocenters. The Bertz CT molecular complexity index is 69.1. The second-order valence-corrected chi connectivity index (χ2v) is 1.52. The Labute approximate surface area is 89.7 Å². The molecule has 0 aromatic rings. The average Bonchev–Trinajstić information content (AvgIpc) is 1.25. The van der Waals surface area contributed by atoms with Crippen LogP contribution >= 0.6 is 16.5 Å². The van der Waals surface area contributed by atoms with Crippen molar-refractivity contribution in [3.8, 4) is 0 Å². The van der Waals surface area contributed by atoms with Crippen molar-refractivity contribution in [1.82, 2.24) is 0 Å². The molecule has 6 nitrogen and oxygen atoms in total. The molecule has 0 rings (SSSR count). The molecule has 0 saturated carbocycles. The molecule has 9 heteroatoms. The zero-order valence-corrected chi connectivity index (χ0v) is 9.47. The number of rotatable bonds is 0. The van der Waals surface area contributed by atoms with Crippen molar-refractivity contribution in [3.05, 3.63) is 0 Å². The van der Waals surface area contributed by atoms with Crippen LogP contribution in [0.4, 0.5) is 0 Å². The molecule has 0 aliphatic carbocycles. The van der Waals surface area contributed by atoms with Gasteiger partial charge < -0.3 is 0 Å². The monoisotopic (exact) mass is 250 g/mol. The van der Waals surface area contributed by atoms with Crippen molar-refractivity contribution in [2.75, 3.05) is 0 Å². The van der Waals surface area contributed by atoms with Gasteiger partial charge >= 0.3 is 16.5 Å². The first-order valence-electron chi connectivity index (χ1n) is 1.17. The van der Waals surface area contributed by atoms with Crippen LogP contribution in [0.25, 0.3) is 0 Å². The largest absolute Gasteiger partial charge is 0.692 e. The fraction of sp³-hybridized carbons (Fsp3) is 0. The van der Waals surface area contributed by atoms with E-state index in [4.69, 9.17) is 28.7 Å². The smallest absolute Gasteiger partial charge is 0.134 e. The molecule has 0 spiro atoms. The van der Waals surface area contributed by atoms with Gasteiger partial charge in [-0.2, -0.15) is 0 Å². The standard InChI is InChI=1S/2HO3P.Sr/c2*1-4(2)3;/h2*(H-,1,2,3);/p+2. The molecular formula is H4O6P2Sr+2. The predicted molar refractivity (Wildman–Crippen MR) is 29.8 cm³/mol. The van der Waals surface area contributed by atoms with E-state index in [0.717, 1.165) is 0 Å². The molecule has 0 aliphatic heterocycles. The van der Waals surface area contributed by atoms with Crippen molar-refractivity contribution in [1.29, 1.82) is 0 Å². The summed E-state index contributed by atoms with van der Waals surface area (Å²) in [5.41, 5.74) is 0. The maximum Gasteiger partial charge on any atom is 0.692 e. The SMILES string of the molecule is O=[P+](O)O.O=[P+](O)O.[Sr]. The van der Waals surface area contributed by atoms with Crippen LogP contribution in [0.1, 0.15) is 0 Å². The Kier molecular flexibility index (Phi) is 22.9. The topological polar surface area (TPSA) is 115 Å². The van der Waals surface area contributed by atoms with Crippen LogP contribution in [0, 0.1) is 0 Å². The van der Waals surface area contributed by atoms with E-state index in [-0.39, 0.29) is 45.5 Å². The molecule has 9 heavy (non-hydrogen) atoms.